The summed E-state index contributed by atoms with van der Waals surface area (Å²) >= 11 is 0. The largest absolute Gasteiger partial charge is 0.354 e. The molecule has 0 aliphatic carbocycles. The Labute approximate surface area is 176 Å². The Morgan fingerprint density at radius 3 is 2.53 bits per heavy atom. The Morgan fingerprint density at radius 1 is 0.900 bits per heavy atom. The van der Waals surface area contributed by atoms with Crippen LogP contribution in [0.4, 0.5) is 5.82 Å². The lowest BCUT2D eigenvalue weighted by molar-refractivity contribution is 0.585. The van der Waals surface area contributed by atoms with E-state index in [9.17, 15) is 0 Å². The summed E-state index contributed by atoms with van der Waals surface area (Å²) in [6.07, 6.45) is 4.16. The SMILES string of the molecule is c1ccc([C@@H]2CCc3nc4ccc(-c5ccc(N6CCNCC6)nc5)cc4n32)cc1. The first-order chi connectivity index (χ1) is 14.9. The van der Waals surface area contributed by atoms with Crippen molar-refractivity contribution in [3.05, 3.63) is 78.2 Å². The molecule has 1 fully saturated rings. The minimum atomic E-state index is 0.370. The van der Waals surface area contributed by atoms with Crippen LogP contribution in [-0.2, 0) is 6.42 Å². The van der Waals surface area contributed by atoms with Gasteiger partial charge in [-0.3, -0.25) is 0 Å². The second-order valence-electron chi connectivity index (χ2n) is 8.21. The number of benzene rings is 2. The molecule has 1 N–H and O–H groups in total. The lowest BCUT2D eigenvalue weighted by Crippen LogP contribution is -2.43. The smallest absolute Gasteiger partial charge is 0.128 e. The number of hydrogen-bond acceptors (Lipinski definition) is 4. The van der Waals surface area contributed by atoms with Crippen LogP contribution >= 0.6 is 0 Å². The van der Waals surface area contributed by atoms with Gasteiger partial charge in [-0.15, -0.1) is 0 Å². The fourth-order valence-electron chi connectivity index (χ4n) is 4.87. The molecular weight excluding hydrogens is 370 g/mol. The number of fused-ring (bicyclic) bond motifs is 3. The molecule has 0 bridgehead atoms. The van der Waals surface area contributed by atoms with Crippen molar-refractivity contribution in [1.82, 2.24) is 19.9 Å². The summed E-state index contributed by atoms with van der Waals surface area (Å²) in [5.41, 5.74) is 6.02. The molecule has 5 heteroatoms. The molecule has 0 spiro atoms. The summed E-state index contributed by atoms with van der Waals surface area (Å²) < 4.78 is 2.44. The van der Waals surface area contributed by atoms with Crippen LogP contribution < -0.4 is 10.2 Å². The first-order valence-electron chi connectivity index (χ1n) is 10.8. The molecule has 1 atom stereocenters. The molecule has 1 saturated heterocycles. The monoisotopic (exact) mass is 395 g/mol. The van der Waals surface area contributed by atoms with Gasteiger partial charge in [-0.05, 0) is 41.8 Å². The highest BCUT2D eigenvalue weighted by atomic mass is 15.2. The summed E-state index contributed by atoms with van der Waals surface area (Å²) in [5, 5.41) is 3.39. The third kappa shape index (κ3) is 2.97. The number of anilines is 1. The molecular formula is C25H25N5. The molecule has 2 aromatic carbocycles. The molecule has 5 nitrogen and oxygen atoms in total. The van der Waals surface area contributed by atoms with E-state index >= 15 is 0 Å². The minimum absolute atomic E-state index is 0.370. The maximum absolute atomic E-state index is 4.91. The van der Waals surface area contributed by atoms with Crippen molar-refractivity contribution >= 4 is 16.9 Å². The van der Waals surface area contributed by atoms with Crippen LogP contribution in [0.15, 0.2) is 66.9 Å². The van der Waals surface area contributed by atoms with Crippen LogP contribution in [0.2, 0.25) is 0 Å². The molecule has 4 heterocycles. The second kappa shape index (κ2) is 7.26. The average molecular weight is 396 g/mol. The van der Waals surface area contributed by atoms with E-state index in [2.05, 4.69) is 75.4 Å². The summed E-state index contributed by atoms with van der Waals surface area (Å²) in [6.45, 7) is 4.08. The zero-order chi connectivity index (χ0) is 19.9. The van der Waals surface area contributed by atoms with E-state index in [4.69, 9.17) is 9.97 Å². The predicted octanol–water partition coefficient (Wildman–Crippen LogP) is 4.04. The highest BCUT2D eigenvalue weighted by molar-refractivity contribution is 5.83. The van der Waals surface area contributed by atoms with Gasteiger partial charge in [0.15, 0.2) is 0 Å². The maximum atomic E-state index is 4.91. The van der Waals surface area contributed by atoms with E-state index in [0.29, 0.717) is 6.04 Å². The van der Waals surface area contributed by atoms with Gasteiger partial charge in [-0.1, -0.05) is 36.4 Å². The number of pyridine rings is 1. The molecule has 2 aliphatic heterocycles. The van der Waals surface area contributed by atoms with Gasteiger partial charge in [0.05, 0.1) is 17.1 Å². The average Bonchev–Trinajstić information content (AvgIpc) is 3.39. The predicted molar refractivity (Wildman–Crippen MR) is 121 cm³/mol. The number of rotatable bonds is 3. The van der Waals surface area contributed by atoms with Crippen molar-refractivity contribution in [2.75, 3.05) is 31.1 Å². The normalized spacial score (nSPS) is 18.7. The third-order valence-electron chi connectivity index (χ3n) is 6.42. The van der Waals surface area contributed by atoms with Crippen molar-refractivity contribution < 1.29 is 0 Å². The number of nitrogens with one attached hydrogen (secondary N) is 1. The molecule has 0 saturated carbocycles. The number of imidazole rings is 1. The number of piperazine rings is 1. The molecule has 4 aromatic rings. The highest BCUT2D eigenvalue weighted by Gasteiger charge is 2.27. The van der Waals surface area contributed by atoms with E-state index in [1.54, 1.807) is 0 Å². The number of aryl methyl sites for hydroxylation is 1. The van der Waals surface area contributed by atoms with Crippen LogP contribution in [0.3, 0.4) is 0 Å². The standard InChI is InChI=1S/C25H25N5/c1-2-4-18(5-3-1)22-9-11-25-28-21-8-6-19(16-23(21)30(22)25)20-7-10-24(27-17-20)29-14-12-26-13-15-29/h1-8,10,16-17,22,26H,9,11-15H2/t22-/m0/s1. The van der Waals surface area contributed by atoms with Crippen LogP contribution in [0, 0.1) is 0 Å². The molecule has 30 heavy (non-hydrogen) atoms. The Hall–Kier alpha value is -3.18. The van der Waals surface area contributed by atoms with Crippen LogP contribution in [0.5, 0.6) is 0 Å². The number of nitrogens with zero attached hydrogens (tertiary/aromatic N) is 4. The molecule has 0 radical (unpaired) electrons. The summed E-state index contributed by atoms with van der Waals surface area (Å²) in [5.74, 6) is 2.26. The second-order valence-corrected chi connectivity index (χ2v) is 8.21. The number of aromatic nitrogens is 3. The molecule has 0 unspecified atom stereocenters. The van der Waals surface area contributed by atoms with Gasteiger partial charge in [0.2, 0.25) is 0 Å². The summed E-state index contributed by atoms with van der Waals surface area (Å²) in [7, 11) is 0. The Balaban J connectivity index is 1.36. The number of hydrogen-bond donors (Lipinski definition) is 1. The van der Waals surface area contributed by atoms with E-state index in [0.717, 1.165) is 55.9 Å². The topological polar surface area (TPSA) is 46.0 Å². The lowest BCUT2D eigenvalue weighted by atomic mass is 10.0. The maximum Gasteiger partial charge on any atom is 0.128 e. The van der Waals surface area contributed by atoms with Gasteiger partial charge in [0.1, 0.15) is 11.6 Å². The Kier molecular flexibility index (Phi) is 4.27. The minimum Gasteiger partial charge on any atom is -0.354 e. The first-order valence-corrected chi connectivity index (χ1v) is 10.8. The van der Waals surface area contributed by atoms with Gasteiger partial charge in [-0.25, -0.2) is 9.97 Å². The molecule has 6 rings (SSSR count). The van der Waals surface area contributed by atoms with Crippen molar-refractivity contribution in [2.45, 2.75) is 18.9 Å². The van der Waals surface area contributed by atoms with Crippen molar-refractivity contribution in [1.29, 1.82) is 0 Å². The highest BCUT2D eigenvalue weighted by Crippen LogP contribution is 2.36. The van der Waals surface area contributed by atoms with Crippen LogP contribution in [-0.4, -0.2) is 40.7 Å². The first kappa shape index (κ1) is 17.7. The molecule has 0 amide bonds. The summed E-state index contributed by atoms with van der Waals surface area (Å²) in [6, 6.07) is 22.1. The fraction of sp³-hybridized carbons (Fsp3) is 0.280. The van der Waals surface area contributed by atoms with E-state index in [-0.39, 0.29) is 0 Å². The Bertz CT molecular complexity index is 1170. The fourth-order valence-corrected chi connectivity index (χ4v) is 4.87. The lowest BCUT2D eigenvalue weighted by Gasteiger charge is -2.28. The van der Waals surface area contributed by atoms with Crippen LogP contribution in [0.1, 0.15) is 23.9 Å². The summed E-state index contributed by atoms with van der Waals surface area (Å²) in [4.78, 5) is 12.0. The van der Waals surface area contributed by atoms with Crippen molar-refractivity contribution in [3.63, 3.8) is 0 Å². The van der Waals surface area contributed by atoms with E-state index < -0.39 is 0 Å². The van der Waals surface area contributed by atoms with E-state index in [1.807, 2.05) is 6.20 Å². The van der Waals surface area contributed by atoms with E-state index in [1.165, 1.54) is 22.5 Å². The van der Waals surface area contributed by atoms with Gasteiger partial charge in [0, 0.05) is 44.4 Å². The third-order valence-corrected chi connectivity index (χ3v) is 6.42. The molecule has 150 valence electrons. The molecule has 2 aromatic heterocycles. The van der Waals surface area contributed by atoms with Crippen LogP contribution in [0.25, 0.3) is 22.2 Å². The quantitative estimate of drug-likeness (QED) is 0.569. The zero-order valence-electron chi connectivity index (χ0n) is 17.0. The Morgan fingerprint density at radius 2 is 1.73 bits per heavy atom. The van der Waals surface area contributed by atoms with Crippen molar-refractivity contribution in [2.24, 2.45) is 0 Å². The zero-order valence-corrected chi connectivity index (χ0v) is 17.0. The van der Waals surface area contributed by atoms with Gasteiger partial charge in [-0.2, -0.15) is 0 Å². The molecule has 2 aliphatic rings. The van der Waals surface area contributed by atoms with Gasteiger partial charge < -0.3 is 14.8 Å². The van der Waals surface area contributed by atoms with Gasteiger partial charge >= 0.3 is 0 Å². The van der Waals surface area contributed by atoms with Gasteiger partial charge in [0.25, 0.3) is 0 Å². The van der Waals surface area contributed by atoms with Crippen molar-refractivity contribution in [3.8, 4) is 11.1 Å².